The molecule has 0 aliphatic carbocycles. The minimum Gasteiger partial charge on any atom is -0.293 e. The predicted octanol–water partition coefficient (Wildman–Crippen LogP) is 2.25. The van der Waals surface area contributed by atoms with E-state index >= 15 is 0 Å². The highest BCUT2D eigenvalue weighted by Gasteiger charge is 2.03. The first-order valence-electron chi connectivity index (χ1n) is 3.09. The van der Waals surface area contributed by atoms with Gasteiger partial charge in [0.25, 0.3) is 0 Å². The molecule has 0 heterocycles. The van der Waals surface area contributed by atoms with Crippen LogP contribution in [-0.2, 0) is 0 Å². The van der Waals surface area contributed by atoms with Gasteiger partial charge in [-0.1, -0.05) is 12.1 Å². The summed E-state index contributed by atoms with van der Waals surface area (Å²) >= 11 is 5.27. The fourth-order valence-corrected chi connectivity index (χ4v) is 0.893. The van der Waals surface area contributed by atoms with Crippen LogP contribution < -0.4 is 0 Å². The molecule has 1 aromatic carbocycles. The second kappa shape index (κ2) is 3.49. The van der Waals surface area contributed by atoms with Gasteiger partial charge in [-0.25, -0.2) is 4.39 Å². The number of hydrogen-bond acceptors (Lipinski definition) is 1. The molecular weight excluding hydrogens is 167 g/mol. The largest absolute Gasteiger partial charge is 0.293 e. The lowest BCUT2D eigenvalue weighted by atomic mass is 10.1. The second-order valence-electron chi connectivity index (χ2n) is 2.07. The van der Waals surface area contributed by atoms with E-state index in [9.17, 15) is 9.18 Å². The van der Waals surface area contributed by atoms with Crippen LogP contribution in [-0.4, -0.2) is 11.7 Å². The number of carbonyl (C=O) groups is 1. The first-order chi connectivity index (χ1) is 5.24. The maximum atomic E-state index is 12.5. The molecule has 11 heavy (non-hydrogen) atoms. The van der Waals surface area contributed by atoms with Crippen molar-refractivity contribution in [2.45, 2.75) is 0 Å². The molecule has 0 aliphatic heterocycles. The van der Waals surface area contributed by atoms with E-state index in [0.29, 0.717) is 5.56 Å². The molecule has 0 unspecified atom stereocenters. The van der Waals surface area contributed by atoms with Crippen LogP contribution in [0.2, 0.25) is 0 Å². The average Bonchev–Trinajstić information content (AvgIpc) is 2.03. The van der Waals surface area contributed by atoms with Gasteiger partial charge in [0.1, 0.15) is 5.82 Å². The van der Waals surface area contributed by atoms with Crippen molar-refractivity contribution < 1.29 is 9.18 Å². The van der Waals surface area contributed by atoms with E-state index in [-0.39, 0.29) is 11.7 Å². The van der Waals surface area contributed by atoms with Gasteiger partial charge < -0.3 is 0 Å². The summed E-state index contributed by atoms with van der Waals surface area (Å²) in [5, 5.41) is 0. The average molecular weight is 173 g/mol. The van der Waals surface area contributed by atoms with E-state index in [1.165, 1.54) is 24.3 Å². The number of hydrogen-bond donors (Lipinski definition) is 0. The van der Waals surface area contributed by atoms with Crippen LogP contribution in [0.5, 0.6) is 0 Å². The number of halogens is 2. The minimum absolute atomic E-state index is 0.108. The molecule has 58 valence electrons. The Morgan fingerprint density at radius 2 is 2.27 bits per heavy atom. The zero-order valence-electron chi connectivity index (χ0n) is 5.68. The monoisotopic (exact) mass is 172 g/mol. The van der Waals surface area contributed by atoms with Gasteiger partial charge in [0.05, 0.1) is 5.88 Å². The van der Waals surface area contributed by atoms with Gasteiger partial charge in [-0.15, -0.1) is 11.6 Å². The van der Waals surface area contributed by atoms with Crippen LogP contribution >= 0.6 is 11.6 Å². The number of Topliss-reactive ketones (excluding diaryl/α,β-unsaturated/α-hetero) is 1. The Bertz CT molecular complexity index is 273. The third-order valence-corrected chi connectivity index (χ3v) is 1.51. The van der Waals surface area contributed by atoms with Gasteiger partial charge in [-0.2, -0.15) is 0 Å². The van der Waals surface area contributed by atoms with E-state index in [4.69, 9.17) is 11.6 Å². The zero-order chi connectivity index (χ0) is 8.27. The second-order valence-corrected chi connectivity index (χ2v) is 2.33. The smallest absolute Gasteiger partial charge is 0.177 e. The Balaban J connectivity index is 2.96. The molecule has 3 heteroatoms. The Morgan fingerprint density at radius 3 is 2.82 bits per heavy atom. The lowest BCUT2D eigenvalue weighted by Gasteiger charge is -1.94. The van der Waals surface area contributed by atoms with Gasteiger partial charge in [-0.3, -0.25) is 4.79 Å². The summed E-state index contributed by atoms with van der Waals surface area (Å²) < 4.78 is 12.5. The highest BCUT2D eigenvalue weighted by Crippen LogP contribution is 2.04. The third kappa shape index (κ3) is 2.02. The SMILES string of the molecule is O=C(CCl)c1cccc(F)c1. The molecule has 0 spiro atoms. The number of ketones is 1. The highest BCUT2D eigenvalue weighted by molar-refractivity contribution is 6.30. The molecule has 0 aliphatic rings. The molecule has 1 aromatic rings. The van der Waals surface area contributed by atoms with E-state index in [1.807, 2.05) is 0 Å². The van der Waals surface area contributed by atoms with E-state index in [1.54, 1.807) is 0 Å². The molecule has 0 saturated carbocycles. The maximum absolute atomic E-state index is 12.5. The van der Waals surface area contributed by atoms with Gasteiger partial charge in [0.15, 0.2) is 5.78 Å². The zero-order valence-corrected chi connectivity index (χ0v) is 6.44. The summed E-state index contributed by atoms with van der Waals surface area (Å²) in [7, 11) is 0. The van der Waals surface area contributed by atoms with Crippen molar-refractivity contribution in [2.24, 2.45) is 0 Å². The van der Waals surface area contributed by atoms with Crippen LogP contribution in [0, 0.1) is 5.82 Å². The van der Waals surface area contributed by atoms with Crippen LogP contribution in [0.25, 0.3) is 0 Å². The summed E-state index contributed by atoms with van der Waals surface area (Å²) in [6.45, 7) is 0. The minimum atomic E-state index is -0.416. The van der Waals surface area contributed by atoms with Crippen LogP contribution in [0.3, 0.4) is 0 Å². The highest BCUT2D eigenvalue weighted by atomic mass is 35.5. The van der Waals surface area contributed by atoms with Crippen molar-refractivity contribution >= 4 is 17.4 Å². The van der Waals surface area contributed by atoms with Crippen molar-refractivity contribution in [2.75, 3.05) is 5.88 Å². The molecule has 1 rings (SSSR count). The Kier molecular flexibility index (Phi) is 2.60. The lowest BCUT2D eigenvalue weighted by Crippen LogP contribution is -1.99. The van der Waals surface area contributed by atoms with Crippen molar-refractivity contribution in [1.82, 2.24) is 0 Å². The van der Waals surface area contributed by atoms with Gasteiger partial charge in [0, 0.05) is 5.56 Å². The summed E-state index contributed by atoms with van der Waals surface area (Å²) in [5.74, 6) is -0.782. The van der Waals surface area contributed by atoms with Crippen molar-refractivity contribution in [3.8, 4) is 0 Å². The molecular formula is C8H6ClFO. The molecule has 0 saturated heterocycles. The molecule has 0 amide bonds. The van der Waals surface area contributed by atoms with E-state index in [0.717, 1.165) is 0 Å². The number of benzene rings is 1. The molecule has 0 radical (unpaired) electrons. The van der Waals surface area contributed by atoms with Crippen molar-refractivity contribution in [3.05, 3.63) is 35.6 Å². The normalized spacial score (nSPS) is 9.64. The fraction of sp³-hybridized carbons (Fsp3) is 0.125. The van der Waals surface area contributed by atoms with Crippen LogP contribution in [0.4, 0.5) is 4.39 Å². The molecule has 0 atom stereocenters. The standard InChI is InChI=1S/C8H6ClFO/c9-5-8(11)6-2-1-3-7(10)4-6/h1-4H,5H2. The molecule has 0 aromatic heterocycles. The summed E-state index contributed by atoms with van der Waals surface area (Å²) in [5.41, 5.74) is 0.319. The van der Waals surface area contributed by atoms with Gasteiger partial charge >= 0.3 is 0 Å². The Hall–Kier alpha value is -0.890. The van der Waals surface area contributed by atoms with E-state index < -0.39 is 5.82 Å². The quantitative estimate of drug-likeness (QED) is 0.494. The van der Waals surface area contributed by atoms with Gasteiger partial charge in [-0.05, 0) is 12.1 Å². The third-order valence-electron chi connectivity index (χ3n) is 1.27. The predicted molar refractivity (Wildman–Crippen MR) is 41.5 cm³/mol. The molecule has 0 fully saturated rings. The Labute approximate surface area is 68.8 Å². The lowest BCUT2D eigenvalue weighted by molar-refractivity contribution is 0.102. The van der Waals surface area contributed by atoms with Crippen LogP contribution in [0.15, 0.2) is 24.3 Å². The molecule has 1 nitrogen and oxygen atoms in total. The molecule has 0 bridgehead atoms. The van der Waals surface area contributed by atoms with Gasteiger partial charge in [0.2, 0.25) is 0 Å². The van der Waals surface area contributed by atoms with Crippen LogP contribution in [0.1, 0.15) is 10.4 Å². The molecule has 0 N–H and O–H groups in total. The summed E-state index contributed by atoms with van der Waals surface area (Å²) in [4.78, 5) is 10.9. The van der Waals surface area contributed by atoms with E-state index in [2.05, 4.69) is 0 Å². The first-order valence-corrected chi connectivity index (χ1v) is 3.62. The summed E-state index contributed by atoms with van der Waals surface area (Å²) in [6.07, 6.45) is 0. The number of alkyl halides is 1. The van der Waals surface area contributed by atoms with Crippen molar-refractivity contribution in [3.63, 3.8) is 0 Å². The maximum Gasteiger partial charge on any atom is 0.177 e. The van der Waals surface area contributed by atoms with Crippen molar-refractivity contribution in [1.29, 1.82) is 0 Å². The Morgan fingerprint density at radius 1 is 1.55 bits per heavy atom. The number of carbonyl (C=O) groups excluding carboxylic acids is 1. The topological polar surface area (TPSA) is 17.1 Å². The fourth-order valence-electron chi connectivity index (χ4n) is 0.739. The first kappa shape index (κ1) is 8.21. The number of rotatable bonds is 2. The summed E-state index contributed by atoms with van der Waals surface area (Å²) in [6, 6.07) is 5.47.